The van der Waals surface area contributed by atoms with Gasteiger partial charge in [0.15, 0.2) is 0 Å². The van der Waals surface area contributed by atoms with E-state index in [1.807, 2.05) is 10.3 Å². The van der Waals surface area contributed by atoms with E-state index < -0.39 is 0 Å². The molecule has 0 saturated carbocycles. The molecule has 5 nitrogen and oxygen atoms in total. The lowest BCUT2D eigenvalue weighted by Crippen LogP contribution is -2.51. The van der Waals surface area contributed by atoms with E-state index in [1.165, 1.54) is 0 Å². The topological polar surface area (TPSA) is 68.5 Å². The Morgan fingerprint density at radius 1 is 1.76 bits per heavy atom. The fourth-order valence-electron chi connectivity index (χ4n) is 1.75. The van der Waals surface area contributed by atoms with Crippen LogP contribution >= 0.6 is 22.9 Å². The number of thiazole rings is 1. The number of nitrogens with two attached hydrogens (primary N) is 1. The molecule has 94 valence electrons. The standard InChI is InChI=1S/C10H14ClN3O2S/c11-3-7-6-17-9(13-7)4-14-1-2-16-5-8(14)10(12)15/h6,8H,1-5H2,(H2,12,15). The van der Waals surface area contributed by atoms with Gasteiger partial charge in [-0.2, -0.15) is 0 Å². The Balaban J connectivity index is 2.02. The molecule has 0 bridgehead atoms. The SMILES string of the molecule is NC(=O)C1COCCN1Cc1nc(CCl)cs1. The summed E-state index contributed by atoms with van der Waals surface area (Å²) >= 11 is 7.25. The quantitative estimate of drug-likeness (QED) is 0.816. The van der Waals surface area contributed by atoms with Crippen LogP contribution in [0.2, 0.25) is 0 Å². The number of alkyl halides is 1. The number of primary amides is 1. The number of ether oxygens (including phenoxy) is 1. The average Bonchev–Trinajstić information content (AvgIpc) is 2.77. The van der Waals surface area contributed by atoms with Crippen LogP contribution in [0.3, 0.4) is 0 Å². The molecular formula is C10H14ClN3O2S. The van der Waals surface area contributed by atoms with Gasteiger partial charge in [-0.3, -0.25) is 9.69 Å². The number of rotatable bonds is 4. The summed E-state index contributed by atoms with van der Waals surface area (Å²) in [6.45, 7) is 2.31. The van der Waals surface area contributed by atoms with E-state index in [2.05, 4.69) is 4.98 Å². The lowest BCUT2D eigenvalue weighted by Gasteiger charge is -2.32. The average molecular weight is 276 g/mol. The predicted octanol–water partition coefficient (Wildman–Crippen LogP) is 0.568. The van der Waals surface area contributed by atoms with Gasteiger partial charge in [-0.15, -0.1) is 22.9 Å². The highest BCUT2D eigenvalue weighted by atomic mass is 35.5. The summed E-state index contributed by atoms with van der Waals surface area (Å²) in [5.74, 6) is 0.0672. The summed E-state index contributed by atoms with van der Waals surface area (Å²) in [4.78, 5) is 17.7. The van der Waals surface area contributed by atoms with Crippen LogP contribution in [0.25, 0.3) is 0 Å². The van der Waals surface area contributed by atoms with Crippen molar-refractivity contribution in [2.24, 2.45) is 5.73 Å². The third kappa shape index (κ3) is 3.16. The van der Waals surface area contributed by atoms with Crippen molar-refractivity contribution in [3.05, 3.63) is 16.1 Å². The monoisotopic (exact) mass is 275 g/mol. The molecule has 2 heterocycles. The van der Waals surface area contributed by atoms with Gasteiger partial charge in [0.1, 0.15) is 11.0 Å². The predicted molar refractivity (Wildman–Crippen MR) is 65.9 cm³/mol. The van der Waals surface area contributed by atoms with E-state index in [9.17, 15) is 4.79 Å². The number of carbonyl (C=O) groups is 1. The van der Waals surface area contributed by atoms with Crippen molar-refractivity contribution in [2.45, 2.75) is 18.5 Å². The van der Waals surface area contributed by atoms with Crippen molar-refractivity contribution in [3.63, 3.8) is 0 Å². The first-order valence-corrected chi connectivity index (χ1v) is 6.72. The minimum atomic E-state index is -0.355. The second-order valence-electron chi connectivity index (χ2n) is 3.83. The first-order valence-electron chi connectivity index (χ1n) is 5.31. The second kappa shape index (κ2) is 5.77. The van der Waals surface area contributed by atoms with E-state index in [1.54, 1.807) is 11.3 Å². The summed E-state index contributed by atoms with van der Waals surface area (Å²) in [6, 6.07) is -0.355. The zero-order valence-corrected chi connectivity index (χ0v) is 10.8. The molecule has 1 aliphatic rings. The van der Waals surface area contributed by atoms with Gasteiger partial charge < -0.3 is 10.5 Å². The smallest absolute Gasteiger partial charge is 0.237 e. The molecule has 17 heavy (non-hydrogen) atoms. The molecule has 1 amide bonds. The summed E-state index contributed by atoms with van der Waals surface area (Å²) in [7, 11) is 0. The number of carbonyl (C=O) groups excluding carboxylic acids is 1. The Kier molecular flexibility index (Phi) is 4.33. The number of nitrogens with zero attached hydrogens (tertiary/aromatic N) is 2. The van der Waals surface area contributed by atoms with Gasteiger partial charge in [0.2, 0.25) is 5.91 Å². The largest absolute Gasteiger partial charge is 0.378 e. The lowest BCUT2D eigenvalue weighted by molar-refractivity contribution is -0.129. The Bertz CT molecular complexity index is 399. The van der Waals surface area contributed by atoms with E-state index in [4.69, 9.17) is 22.1 Å². The normalized spacial score (nSPS) is 21.6. The van der Waals surface area contributed by atoms with Crippen LogP contribution in [0.15, 0.2) is 5.38 Å². The zero-order chi connectivity index (χ0) is 12.3. The van der Waals surface area contributed by atoms with Crippen LogP contribution in [0.5, 0.6) is 0 Å². The molecule has 0 aliphatic carbocycles. The number of morpholine rings is 1. The molecule has 2 rings (SSSR count). The Labute approximate surface area is 109 Å². The fraction of sp³-hybridized carbons (Fsp3) is 0.600. The van der Waals surface area contributed by atoms with Crippen molar-refractivity contribution in [1.29, 1.82) is 0 Å². The number of halogens is 1. The van der Waals surface area contributed by atoms with Crippen LogP contribution in [-0.2, 0) is 22.0 Å². The summed E-state index contributed by atoms with van der Waals surface area (Å²) < 4.78 is 5.26. The molecule has 1 unspecified atom stereocenters. The molecule has 0 radical (unpaired) electrons. The van der Waals surface area contributed by atoms with Crippen LogP contribution < -0.4 is 5.73 Å². The molecule has 1 atom stereocenters. The van der Waals surface area contributed by atoms with Gasteiger partial charge >= 0.3 is 0 Å². The fourth-order valence-corrected chi connectivity index (χ4v) is 2.79. The van der Waals surface area contributed by atoms with Crippen LogP contribution in [-0.4, -0.2) is 41.6 Å². The molecule has 1 aromatic heterocycles. The van der Waals surface area contributed by atoms with Crippen molar-refractivity contribution in [3.8, 4) is 0 Å². The Morgan fingerprint density at radius 3 is 3.24 bits per heavy atom. The van der Waals surface area contributed by atoms with Crippen LogP contribution in [0.4, 0.5) is 0 Å². The summed E-state index contributed by atoms with van der Waals surface area (Å²) in [6.07, 6.45) is 0. The minimum absolute atomic E-state index is 0.348. The number of amides is 1. The highest BCUT2D eigenvalue weighted by Gasteiger charge is 2.28. The number of hydrogen-bond donors (Lipinski definition) is 1. The Morgan fingerprint density at radius 2 is 2.59 bits per heavy atom. The number of aromatic nitrogens is 1. The van der Waals surface area contributed by atoms with Crippen molar-refractivity contribution in [2.75, 3.05) is 19.8 Å². The first kappa shape index (κ1) is 12.8. The maximum absolute atomic E-state index is 11.3. The zero-order valence-electron chi connectivity index (χ0n) is 9.26. The highest BCUT2D eigenvalue weighted by Crippen LogP contribution is 2.17. The molecule has 1 fully saturated rings. The highest BCUT2D eigenvalue weighted by molar-refractivity contribution is 7.09. The molecule has 1 saturated heterocycles. The minimum Gasteiger partial charge on any atom is -0.378 e. The van der Waals surface area contributed by atoms with Gasteiger partial charge in [0.05, 0.1) is 31.3 Å². The first-order chi connectivity index (χ1) is 8.20. The van der Waals surface area contributed by atoms with Gasteiger partial charge in [-0.1, -0.05) is 0 Å². The van der Waals surface area contributed by atoms with Gasteiger partial charge in [0.25, 0.3) is 0 Å². The van der Waals surface area contributed by atoms with Crippen molar-refractivity contribution in [1.82, 2.24) is 9.88 Å². The maximum Gasteiger partial charge on any atom is 0.237 e. The molecule has 7 heteroatoms. The van der Waals surface area contributed by atoms with E-state index in [0.717, 1.165) is 10.7 Å². The van der Waals surface area contributed by atoms with E-state index in [-0.39, 0.29) is 11.9 Å². The van der Waals surface area contributed by atoms with Crippen LogP contribution in [0, 0.1) is 0 Å². The molecule has 0 aromatic carbocycles. The van der Waals surface area contributed by atoms with Gasteiger partial charge in [0, 0.05) is 11.9 Å². The van der Waals surface area contributed by atoms with E-state index in [0.29, 0.717) is 32.2 Å². The molecule has 1 aromatic rings. The van der Waals surface area contributed by atoms with Crippen LogP contribution in [0.1, 0.15) is 10.7 Å². The maximum atomic E-state index is 11.3. The second-order valence-corrected chi connectivity index (χ2v) is 5.04. The van der Waals surface area contributed by atoms with Crippen molar-refractivity contribution < 1.29 is 9.53 Å². The van der Waals surface area contributed by atoms with Crippen molar-refractivity contribution >= 4 is 28.8 Å². The van der Waals surface area contributed by atoms with Gasteiger partial charge in [-0.25, -0.2) is 4.98 Å². The molecule has 0 spiro atoms. The third-order valence-electron chi connectivity index (χ3n) is 2.64. The third-order valence-corrected chi connectivity index (χ3v) is 3.80. The van der Waals surface area contributed by atoms with Gasteiger partial charge in [-0.05, 0) is 0 Å². The molecule has 2 N–H and O–H groups in total. The molecular weight excluding hydrogens is 262 g/mol. The number of hydrogen-bond acceptors (Lipinski definition) is 5. The summed E-state index contributed by atoms with van der Waals surface area (Å²) in [5, 5.41) is 2.89. The molecule has 1 aliphatic heterocycles. The van der Waals surface area contributed by atoms with E-state index >= 15 is 0 Å². The summed E-state index contributed by atoms with van der Waals surface area (Å²) in [5.41, 5.74) is 6.21. The Hall–Kier alpha value is -0.690. The lowest BCUT2D eigenvalue weighted by atomic mass is 10.2.